The zero-order valence-electron chi connectivity index (χ0n) is 13.5. The minimum atomic E-state index is -0.550. The highest BCUT2D eigenvalue weighted by molar-refractivity contribution is 5.82. The van der Waals surface area contributed by atoms with Gasteiger partial charge in [-0.15, -0.1) is 0 Å². The summed E-state index contributed by atoms with van der Waals surface area (Å²) in [6.07, 6.45) is 10.3. The third-order valence-corrected chi connectivity index (χ3v) is 4.83. The van der Waals surface area contributed by atoms with Crippen LogP contribution in [0.5, 0.6) is 0 Å². The quantitative estimate of drug-likeness (QED) is 0.391. The Morgan fingerprint density at radius 1 is 1.29 bits per heavy atom. The second-order valence-corrected chi connectivity index (χ2v) is 6.27. The predicted molar refractivity (Wildman–Crippen MR) is 80.8 cm³/mol. The fourth-order valence-corrected chi connectivity index (χ4v) is 3.44. The van der Waals surface area contributed by atoms with Crippen molar-refractivity contribution in [3.8, 4) is 0 Å². The van der Waals surface area contributed by atoms with E-state index in [0.29, 0.717) is 19.1 Å². The molecule has 1 heterocycles. The summed E-state index contributed by atoms with van der Waals surface area (Å²) >= 11 is 0. The van der Waals surface area contributed by atoms with Gasteiger partial charge in [0.1, 0.15) is 0 Å². The number of hydrogen-bond acceptors (Lipinski definition) is 4. The maximum Gasteiger partial charge on any atom is 0.330 e. The monoisotopic (exact) mass is 296 g/mol. The molecular formula is C17H28O4. The van der Waals surface area contributed by atoms with Gasteiger partial charge < -0.3 is 14.2 Å². The summed E-state index contributed by atoms with van der Waals surface area (Å²) in [6.45, 7) is 5.72. The number of methoxy groups -OCH3 is 1. The molecule has 1 saturated heterocycles. The maximum atomic E-state index is 11.4. The molecule has 0 aromatic rings. The van der Waals surface area contributed by atoms with Crippen molar-refractivity contribution in [1.82, 2.24) is 0 Å². The molecule has 0 spiro atoms. The molecule has 0 N–H and O–H groups in total. The van der Waals surface area contributed by atoms with Gasteiger partial charge in [-0.25, -0.2) is 4.79 Å². The fourth-order valence-electron chi connectivity index (χ4n) is 3.44. The van der Waals surface area contributed by atoms with Crippen LogP contribution in [0.25, 0.3) is 0 Å². The molecule has 0 aromatic heterocycles. The second kappa shape index (κ2) is 6.93. The van der Waals surface area contributed by atoms with Crippen LogP contribution in [0.3, 0.4) is 0 Å². The average molecular weight is 296 g/mol. The average Bonchev–Trinajstić information content (AvgIpc) is 3.12. The molecule has 21 heavy (non-hydrogen) atoms. The molecule has 2 aliphatic rings. The summed E-state index contributed by atoms with van der Waals surface area (Å²) in [5.41, 5.74) is -0.149. The van der Waals surface area contributed by atoms with Gasteiger partial charge in [-0.2, -0.15) is 0 Å². The summed E-state index contributed by atoms with van der Waals surface area (Å²) in [6, 6.07) is 0. The Kier molecular flexibility index (Phi) is 5.44. The number of esters is 1. The van der Waals surface area contributed by atoms with Crippen LogP contribution >= 0.6 is 0 Å². The van der Waals surface area contributed by atoms with Crippen LogP contribution in [0.2, 0.25) is 0 Å². The Labute approximate surface area is 127 Å². The van der Waals surface area contributed by atoms with Crippen LogP contribution in [-0.2, 0) is 19.0 Å². The summed E-state index contributed by atoms with van der Waals surface area (Å²) < 4.78 is 16.9. The molecule has 0 bridgehead atoms. The number of unbranched alkanes of at least 4 members (excludes halogenated alkanes) is 2. The van der Waals surface area contributed by atoms with Crippen molar-refractivity contribution in [2.24, 2.45) is 11.3 Å². The number of ether oxygens (including phenoxy) is 3. The normalized spacial score (nSPS) is 24.1. The third-order valence-electron chi connectivity index (χ3n) is 4.83. The molecule has 1 atom stereocenters. The molecule has 1 aliphatic heterocycles. The lowest BCUT2D eigenvalue weighted by atomic mass is 9.81. The highest BCUT2D eigenvalue weighted by atomic mass is 16.7. The van der Waals surface area contributed by atoms with Gasteiger partial charge >= 0.3 is 5.97 Å². The van der Waals surface area contributed by atoms with Gasteiger partial charge in [-0.05, 0) is 19.3 Å². The van der Waals surface area contributed by atoms with E-state index in [1.807, 2.05) is 6.08 Å². The van der Waals surface area contributed by atoms with Crippen molar-refractivity contribution in [3.63, 3.8) is 0 Å². The van der Waals surface area contributed by atoms with Gasteiger partial charge in [-0.3, -0.25) is 0 Å². The number of carbonyl (C=O) groups excluding carboxylic acids is 1. The van der Waals surface area contributed by atoms with Crippen molar-refractivity contribution >= 4 is 5.97 Å². The molecule has 4 heteroatoms. The highest BCUT2D eigenvalue weighted by Crippen LogP contribution is 2.61. The summed E-state index contributed by atoms with van der Waals surface area (Å²) in [5, 5.41) is 0. The summed E-state index contributed by atoms with van der Waals surface area (Å²) in [5.74, 6) is -0.532. The first kappa shape index (κ1) is 16.5. The van der Waals surface area contributed by atoms with Crippen LogP contribution in [-0.4, -0.2) is 32.1 Å². The summed E-state index contributed by atoms with van der Waals surface area (Å²) in [7, 11) is 1.40. The van der Waals surface area contributed by atoms with Crippen LogP contribution < -0.4 is 0 Å². The second-order valence-electron chi connectivity index (χ2n) is 6.27. The minimum Gasteiger partial charge on any atom is -0.466 e. The van der Waals surface area contributed by atoms with E-state index in [9.17, 15) is 4.79 Å². The van der Waals surface area contributed by atoms with E-state index in [4.69, 9.17) is 14.2 Å². The third kappa shape index (κ3) is 3.32. The first-order valence-corrected chi connectivity index (χ1v) is 8.15. The predicted octanol–water partition coefficient (Wildman–Crippen LogP) is 3.46. The van der Waals surface area contributed by atoms with E-state index in [1.54, 1.807) is 0 Å². The van der Waals surface area contributed by atoms with E-state index in [0.717, 1.165) is 19.3 Å². The lowest BCUT2D eigenvalue weighted by Gasteiger charge is -2.39. The molecule has 0 radical (unpaired) electrons. The van der Waals surface area contributed by atoms with Crippen LogP contribution in [0, 0.1) is 11.3 Å². The highest BCUT2D eigenvalue weighted by Gasteiger charge is 2.63. The molecule has 1 saturated carbocycles. The van der Waals surface area contributed by atoms with Gasteiger partial charge in [0.25, 0.3) is 0 Å². The van der Waals surface area contributed by atoms with Crippen molar-refractivity contribution in [2.75, 3.05) is 20.3 Å². The molecule has 120 valence electrons. The van der Waals surface area contributed by atoms with Gasteiger partial charge in [0.2, 0.25) is 0 Å². The molecule has 2 fully saturated rings. The minimum absolute atomic E-state index is 0.149. The molecule has 4 nitrogen and oxygen atoms in total. The zero-order valence-corrected chi connectivity index (χ0v) is 13.5. The van der Waals surface area contributed by atoms with Gasteiger partial charge in [0, 0.05) is 17.4 Å². The van der Waals surface area contributed by atoms with Crippen LogP contribution in [0.15, 0.2) is 12.2 Å². The Balaban J connectivity index is 2.10. The lowest BCUT2D eigenvalue weighted by molar-refractivity contribution is -0.228. The standard InChI is InChI=1S/C17H28O4/c1-4-5-6-7-14(2)17(20-12-13-21-17)16(10-11-16)9-8-15(18)19-3/h8-9,14H,4-7,10-13H2,1-3H3. The van der Waals surface area contributed by atoms with Gasteiger partial charge in [0.15, 0.2) is 5.79 Å². The SMILES string of the molecule is CCCCCC(C)C1(C2(C=CC(=O)OC)CC2)OCCO1. The number of carbonyl (C=O) groups is 1. The van der Waals surface area contributed by atoms with Gasteiger partial charge in [0.05, 0.1) is 20.3 Å². The van der Waals surface area contributed by atoms with Crippen molar-refractivity contribution in [3.05, 3.63) is 12.2 Å². The molecular weight excluding hydrogens is 268 g/mol. The first-order chi connectivity index (χ1) is 10.1. The van der Waals surface area contributed by atoms with E-state index in [2.05, 4.69) is 13.8 Å². The van der Waals surface area contributed by atoms with Crippen LogP contribution in [0.4, 0.5) is 0 Å². The topological polar surface area (TPSA) is 44.8 Å². The molecule has 1 aliphatic carbocycles. The van der Waals surface area contributed by atoms with Crippen molar-refractivity contribution < 1.29 is 19.0 Å². The van der Waals surface area contributed by atoms with E-state index in [-0.39, 0.29) is 11.4 Å². The Morgan fingerprint density at radius 3 is 2.48 bits per heavy atom. The Hall–Kier alpha value is -0.870. The molecule has 1 unspecified atom stereocenters. The van der Waals surface area contributed by atoms with Crippen molar-refractivity contribution in [1.29, 1.82) is 0 Å². The smallest absolute Gasteiger partial charge is 0.330 e. The van der Waals surface area contributed by atoms with E-state index in [1.165, 1.54) is 32.4 Å². The zero-order chi connectivity index (χ0) is 15.3. The number of hydrogen-bond donors (Lipinski definition) is 0. The Morgan fingerprint density at radius 2 is 1.95 bits per heavy atom. The molecule has 0 aromatic carbocycles. The van der Waals surface area contributed by atoms with E-state index < -0.39 is 5.79 Å². The van der Waals surface area contributed by atoms with Gasteiger partial charge in [-0.1, -0.05) is 39.2 Å². The largest absolute Gasteiger partial charge is 0.466 e. The Bertz CT molecular complexity index is 378. The lowest BCUT2D eigenvalue weighted by Crippen LogP contribution is -2.46. The maximum absolute atomic E-state index is 11.4. The summed E-state index contributed by atoms with van der Waals surface area (Å²) in [4.78, 5) is 11.4. The fraction of sp³-hybridized carbons (Fsp3) is 0.824. The first-order valence-electron chi connectivity index (χ1n) is 8.15. The van der Waals surface area contributed by atoms with E-state index >= 15 is 0 Å². The number of rotatable bonds is 8. The molecule has 2 rings (SSSR count). The van der Waals surface area contributed by atoms with Crippen molar-refractivity contribution in [2.45, 2.75) is 58.2 Å². The molecule has 0 amide bonds. The van der Waals surface area contributed by atoms with Crippen LogP contribution in [0.1, 0.15) is 52.4 Å².